The third kappa shape index (κ3) is 6.76. The summed E-state index contributed by atoms with van der Waals surface area (Å²) in [6, 6.07) is 8.94. The van der Waals surface area contributed by atoms with Gasteiger partial charge in [-0.1, -0.05) is 45.9 Å². The molecule has 0 amide bonds. The Morgan fingerprint density at radius 2 is 1.58 bits per heavy atom. The van der Waals surface area contributed by atoms with E-state index >= 15 is 0 Å². The van der Waals surface area contributed by atoms with E-state index in [-0.39, 0.29) is 7.43 Å². The van der Waals surface area contributed by atoms with E-state index in [4.69, 9.17) is 5.39 Å². The maximum absolute atomic E-state index is 8.16. The lowest BCUT2D eigenvalue weighted by Crippen LogP contribution is -1.54. The van der Waals surface area contributed by atoms with Crippen LogP contribution in [0.2, 0.25) is 0 Å². The lowest BCUT2D eigenvalue weighted by molar-refractivity contribution is 1.09. The normalized spacial score (nSPS) is 6.75. The largest absolute Gasteiger partial charge is 0.385 e. The summed E-state index contributed by atoms with van der Waals surface area (Å²) < 4.78 is 0. The van der Waals surface area contributed by atoms with Crippen molar-refractivity contribution < 1.29 is 0 Å². The van der Waals surface area contributed by atoms with Gasteiger partial charge in [0.1, 0.15) is 0 Å². The van der Waals surface area contributed by atoms with Crippen LogP contribution in [0.5, 0.6) is 0 Å². The molecule has 0 heterocycles. The molecule has 0 aliphatic rings. The van der Waals surface area contributed by atoms with E-state index in [1.807, 2.05) is 18.2 Å². The molecule has 2 nitrogen and oxygen atoms in total. The first kappa shape index (κ1) is 13.2. The molecule has 0 radical (unpaired) electrons. The predicted octanol–water partition coefficient (Wildman–Crippen LogP) is 4.22. The fraction of sp³-hybridized carbons (Fsp3) is 0.400. The van der Waals surface area contributed by atoms with Crippen LogP contribution in [0.3, 0.4) is 0 Å². The van der Waals surface area contributed by atoms with Gasteiger partial charge >= 0.3 is 5.69 Å². The van der Waals surface area contributed by atoms with Gasteiger partial charge in [-0.25, -0.2) is 0 Å². The fourth-order valence-electron chi connectivity index (χ4n) is 0.495. The summed E-state index contributed by atoms with van der Waals surface area (Å²) in [5.41, 5.74) is 0.590. The SMILES string of the molecule is C.CCC.N#[N+]c1ccccc1. The van der Waals surface area contributed by atoms with Crippen molar-refractivity contribution in [3.05, 3.63) is 35.3 Å². The minimum atomic E-state index is 0. The molecule has 0 bridgehead atoms. The van der Waals surface area contributed by atoms with Gasteiger partial charge in [-0.05, 0) is 0 Å². The first-order chi connectivity index (χ1) is 5.35. The summed E-state index contributed by atoms with van der Waals surface area (Å²) in [6.07, 6.45) is 1.25. The second-order valence-corrected chi connectivity index (χ2v) is 2.14. The van der Waals surface area contributed by atoms with Crippen molar-refractivity contribution in [3.63, 3.8) is 0 Å². The minimum Gasteiger partial charge on any atom is -0.0776 e. The molecule has 12 heavy (non-hydrogen) atoms. The van der Waals surface area contributed by atoms with Crippen LogP contribution >= 0.6 is 0 Å². The summed E-state index contributed by atoms with van der Waals surface area (Å²) in [6.45, 7) is 4.25. The van der Waals surface area contributed by atoms with Gasteiger partial charge in [0.2, 0.25) is 5.39 Å². The lowest BCUT2D eigenvalue weighted by atomic mass is 10.3. The Labute approximate surface area is 74.9 Å². The molecule has 0 aromatic heterocycles. The van der Waals surface area contributed by atoms with Gasteiger partial charge in [0.15, 0.2) is 4.98 Å². The highest BCUT2D eigenvalue weighted by molar-refractivity contribution is 5.42. The lowest BCUT2D eigenvalue weighted by Gasteiger charge is -1.69. The van der Waals surface area contributed by atoms with Crippen LogP contribution < -0.4 is 0 Å². The van der Waals surface area contributed by atoms with E-state index in [1.54, 1.807) is 12.1 Å². The van der Waals surface area contributed by atoms with Gasteiger partial charge in [-0.15, -0.1) is 0 Å². The number of hydrogen-bond acceptors (Lipinski definition) is 1. The maximum Gasteiger partial charge on any atom is 0.385 e. The first-order valence-electron chi connectivity index (χ1n) is 3.75. The molecule has 0 spiro atoms. The average molecular weight is 165 g/mol. The summed E-state index contributed by atoms with van der Waals surface area (Å²) in [5, 5.41) is 8.16. The van der Waals surface area contributed by atoms with E-state index in [0.29, 0.717) is 5.69 Å². The van der Waals surface area contributed by atoms with E-state index in [2.05, 4.69) is 18.8 Å². The molecule has 0 aliphatic heterocycles. The molecule has 1 aromatic rings. The van der Waals surface area contributed by atoms with Gasteiger partial charge in [0.25, 0.3) is 0 Å². The molecule has 0 fully saturated rings. The third-order valence-electron chi connectivity index (χ3n) is 0.872. The predicted molar refractivity (Wildman–Crippen MR) is 53.9 cm³/mol. The van der Waals surface area contributed by atoms with Crippen molar-refractivity contribution in [3.8, 4) is 0 Å². The van der Waals surface area contributed by atoms with E-state index in [9.17, 15) is 0 Å². The molecule has 0 atom stereocenters. The molecule has 0 aliphatic carbocycles. The molecule has 1 aromatic carbocycles. The molecule has 0 N–H and O–H groups in total. The van der Waals surface area contributed by atoms with E-state index in [1.165, 1.54) is 6.42 Å². The summed E-state index contributed by atoms with van der Waals surface area (Å²) >= 11 is 0. The van der Waals surface area contributed by atoms with Crippen molar-refractivity contribution >= 4 is 5.69 Å². The average Bonchev–Trinajstić information content (AvgIpc) is 2.08. The zero-order valence-electron chi connectivity index (χ0n) is 6.99. The van der Waals surface area contributed by atoms with Crippen LogP contribution in [0.25, 0.3) is 4.98 Å². The van der Waals surface area contributed by atoms with Crippen molar-refractivity contribution in [2.75, 3.05) is 0 Å². The van der Waals surface area contributed by atoms with Crippen LogP contribution in [0, 0.1) is 5.39 Å². The minimum absolute atomic E-state index is 0. The number of nitrogens with zero attached hydrogens (tertiary/aromatic N) is 2. The van der Waals surface area contributed by atoms with Crippen LogP contribution in [0.1, 0.15) is 27.7 Å². The molecule has 2 heteroatoms. The van der Waals surface area contributed by atoms with Crippen LogP contribution in [0.15, 0.2) is 30.3 Å². The van der Waals surface area contributed by atoms with Crippen molar-refractivity contribution in [1.29, 1.82) is 5.39 Å². The molecule has 0 saturated carbocycles. The molecule has 0 unspecified atom stereocenters. The van der Waals surface area contributed by atoms with Crippen LogP contribution in [-0.2, 0) is 0 Å². The summed E-state index contributed by atoms with van der Waals surface area (Å²) in [5.74, 6) is 0. The Bertz CT molecular complexity index is 211. The molecule has 0 saturated heterocycles. The monoisotopic (exact) mass is 165 g/mol. The van der Waals surface area contributed by atoms with E-state index < -0.39 is 0 Å². The second kappa shape index (κ2) is 9.64. The molecule has 66 valence electrons. The van der Waals surface area contributed by atoms with Crippen molar-refractivity contribution in [2.24, 2.45) is 0 Å². The molecular weight excluding hydrogens is 148 g/mol. The molecular formula is C10H17N2+. The van der Waals surface area contributed by atoms with Crippen molar-refractivity contribution in [1.82, 2.24) is 0 Å². The number of diazo groups is 1. The first-order valence-corrected chi connectivity index (χ1v) is 3.75. The summed E-state index contributed by atoms with van der Waals surface area (Å²) in [4.78, 5) is 2.97. The zero-order chi connectivity index (χ0) is 8.53. The smallest absolute Gasteiger partial charge is 0.0776 e. The third-order valence-corrected chi connectivity index (χ3v) is 0.872. The Hall–Kier alpha value is -1.36. The highest BCUT2D eigenvalue weighted by atomic mass is 14.8. The number of rotatable bonds is 0. The maximum atomic E-state index is 8.16. The van der Waals surface area contributed by atoms with Gasteiger partial charge in [0.05, 0.1) is 0 Å². The fourth-order valence-corrected chi connectivity index (χ4v) is 0.495. The Morgan fingerprint density at radius 1 is 1.17 bits per heavy atom. The van der Waals surface area contributed by atoms with Crippen LogP contribution in [0.4, 0.5) is 5.69 Å². The second-order valence-electron chi connectivity index (χ2n) is 2.14. The Kier molecular flexibility index (Phi) is 10.6. The zero-order valence-corrected chi connectivity index (χ0v) is 6.99. The molecule has 1 rings (SSSR count). The number of benzene rings is 1. The van der Waals surface area contributed by atoms with Gasteiger partial charge in [-0.3, -0.25) is 0 Å². The Balaban J connectivity index is 0. The van der Waals surface area contributed by atoms with Gasteiger partial charge < -0.3 is 0 Å². The highest BCUT2D eigenvalue weighted by Crippen LogP contribution is 2.07. The van der Waals surface area contributed by atoms with E-state index in [0.717, 1.165) is 0 Å². The quantitative estimate of drug-likeness (QED) is 0.529. The summed E-state index contributed by atoms with van der Waals surface area (Å²) in [7, 11) is 0. The Morgan fingerprint density at radius 3 is 1.83 bits per heavy atom. The van der Waals surface area contributed by atoms with Crippen LogP contribution in [-0.4, -0.2) is 0 Å². The number of hydrogen-bond donors (Lipinski definition) is 0. The van der Waals surface area contributed by atoms with Gasteiger partial charge in [-0.2, -0.15) is 0 Å². The highest BCUT2D eigenvalue weighted by Gasteiger charge is 1.95. The van der Waals surface area contributed by atoms with Gasteiger partial charge in [0, 0.05) is 12.1 Å². The standard InChI is InChI=1S/C6H5N2.C3H8.CH4/c7-8-6-4-2-1-3-5-6;1-3-2;/h1-5H;3H2,1-2H3;1H4/q+1;;. The topological polar surface area (TPSA) is 28.1 Å². The van der Waals surface area contributed by atoms with Crippen molar-refractivity contribution in [2.45, 2.75) is 27.7 Å².